The van der Waals surface area contributed by atoms with E-state index in [4.69, 9.17) is 10.1 Å². The zero-order chi connectivity index (χ0) is 40.7. The molecule has 0 aliphatic heterocycles. The molecule has 0 saturated carbocycles. The summed E-state index contributed by atoms with van der Waals surface area (Å²) in [5.41, 5.74) is 13.2. The molecule has 0 aliphatic rings. The Hall–Kier alpha value is -8.48. The van der Waals surface area contributed by atoms with Crippen molar-refractivity contribution in [3.8, 4) is 45.5 Å². The maximum absolute atomic E-state index is 5.30. The van der Waals surface area contributed by atoms with Crippen LogP contribution in [0.15, 0.2) is 218 Å². The number of rotatable bonds is 6. The first kappa shape index (κ1) is 34.4. The van der Waals surface area contributed by atoms with Crippen LogP contribution in [-0.4, -0.2) is 28.5 Å². The second kappa shape index (κ2) is 13.5. The molecule has 0 bridgehead atoms. The Kier molecular flexibility index (Phi) is 7.50. The number of nitrogens with zero attached hydrogens (tertiary/aromatic N) is 6. The van der Waals surface area contributed by atoms with Crippen LogP contribution < -0.4 is 0 Å². The largest absolute Gasteiger partial charge is 0.309 e. The fraction of sp³-hybridized carbons (Fsp3) is 0. The quantitative estimate of drug-likeness (QED) is 0.168. The molecule has 0 amide bonds. The van der Waals surface area contributed by atoms with Gasteiger partial charge in [-0.05, 0) is 66.7 Å². The zero-order valence-electron chi connectivity index (χ0n) is 33.5. The van der Waals surface area contributed by atoms with Gasteiger partial charge in [-0.15, -0.1) is 5.10 Å². The number of fused-ring (bicyclic) bond motifs is 10. The summed E-state index contributed by atoms with van der Waals surface area (Å²) in [6.07, 6.45) is 0. The molecule has 0 unspecified atom stereocenters. The van der Waals surface area contributed by atoms with Crippen molar-refractivity contribution in [2.75, 3.05) is 0 Å². The number of hydrogen-bond acceptors (Lipinski definition) is 2. The van der Waals surface area contributed by atoms with E-state index in [9.17, 15) is 0 Å². The lowest BCUT2D eigenvalue weighted by Crippen LogP contribution is -2.03. The van der Waals surface area contributed by atoms with Crippen LogP contribution in [0.5, 0.6) is 0 Å². The topological polar surface area (TPSA) is 45.5 Å². The molecule has 290 valence electrons. The Bertz CT molecular complexity index is 3850. The molecule has 4 aromatic heterocycles. The van der Waals surface area contributed by atoms with Gasteiger partial charge in [-0.25, -0.2) is 9.67 Å². The van der Waals surface area contributed by atoms with Gasteiger partial charge in [0.2, 0.25) is 0 Å². The molecule has 13 rings (SSSR count). The molecule has 62 heavy (non-hydrogen) atoms. The first-order valence-corrected chi connectivity index (χ1v) is 21.0. The second-order valence-electron chi connectivity index (χ2n) is 15.8. The molecular formula is C56H36N6. The van der Waals surface area contributed by atoms with E-state index in [1.54, 1.807) is 0 Å². The van der Waals surface area contributed by atoms with Crippen LogP contribution in [0.4, 0.5) is 0 Å². The number of hydrogen-bond donors (Lipinski definition) is 0. The molecule has 0 spiro atoms. The molecule has 6 nitrogen and oxygen atoms in total. The van der Waals surface area contributed by atoms with Gasteiger partial charge in [0.15, 0.2) is 11.6 Å². The van der Waals surface area contributed by atoms with Crippen molar-refractivity contribution in [1.82, 2.24) is 28.5 Å². The Labute approximate surface area is 356 Å². The van der Waals surface area contributed by atoms with E-state index in [1.165, 1.54) is 32.6 Å². The average molecular weight is 793 g/mol. The van der Waals surface area contributed by atoms with Crippen LogP contribution in [0, 0.1) is 0 Å². The molecule has 0 fully saturated rings. The predicted octanol–water partition coefficient (Wildman–Crippen LogP) is 13.9. The highest BCUT2D eigenvalue weighted by atomic mass is 15.4. The fourth-order valence-electron chi connectivity index (χ4n) is 9.87. The average Bonchev–Trinajstić information content (AvgIpc) is 4.11. The lowest BCUT2D eigenvalue weighted by molar-refractivity contribution is 0.891. The molecule has 0 N–H and O–H groups in total. The molecule has 13 aromatic rings. The molecule has 0 saturated heterocycles. The predicted molar refractivity (Wildman–Crippen MR) is 255 cm³/mol. The minimum atomic E-state index is 0.683. The van der Waals surface area contributed by atoms with Gasteiger partial charge in [-0.2, -0.15) is 0 Å². The molecule has 0 aliphatic carbocycles. The summed E-state index contributed by atoms with van der Waals surface area (Å²) < 4.78 is 9.34. The van der Waals surface area contributed by atoms with E-state index in [0.717, 1.165) is 72.5 Å². The van der Waals surface area contributed by atoms with Crippen LogP contribution in [0.1, 0.15) is 0 Å². The first-order chi connectivity index (χ1) is 30.8. The summed E-state index contributed by atoms with van der Waals surface area (Å²) in [5, 5.41) is 12.3. The molecule has 0 radical (unpaired) electrons. The van der Waals surface area contributed by atoms with Crippen molar-refractivity contribution < 1.29 is 0 Å². The molecule has 9 aromatic carbocycles. The van der Waals surface area contributed by atoms with Gasteiger partial charge in [0.05, 0.1) is 50.2 Å². The first-order valence-electron chi connectivity index (χ1n) is 21.0. The van der Waals surface area contributed by atoms with Crippen molar-refractivity contribution in [2.24, 2.45) is 0 Å². The van der Waals surface area contributed by atoms with Gasteiger partial charge in [0, 0.05) is 49.1 Å². The summed E-state index contributed by atoms with van der Waals surface area (Å²) in [5.74, 6) is 1.47. The van der Waals surface area contributed by atoms with Gasteiger partial charge in [0.25, 0.3) is 0 Å². The summed E-state index contributed by atoms with van der Waals surface area (Å²) in [6.45, 7) is 0. The number of para-hydroxylation sites is 7. The Morgan fingerprint density at radius 2 is 0.823 bits per heavy atom. The Balaban J connectivity index is 1.10. The third kappa shape index (κ3) is 4.98. The fourth-order valence-corrected chi connectivity index (χ4v) is 9.87. The van der Waals surface area contributed by atoms with E-state index >= 15 is 0 Å². The number of benzene rings is 9. The van der Waals surface area contributed by atoms with Crippen molar-refractivity contribution in [3.05, 3.63) is 218 Å². The zero-order valence-corrected chi connectivity index (χ0v) is 33.5. The van der Waals surface area contributed by atoms with Crippen molar-refractivity contribution in [1.29, 1.82) is 0 Å². The molecular weight excluding hydrogens is 757 g/mol. The third-order valence-electron chi connectivity index (χ3n) is 12.4. The summed E-state index contributed by atoms with van der Waals surface area (Å²) in [7, 11) is 0. The van der Waals surface area contributed by atoms with Crippen LogP contribution in [-0.2, 0) is 0 Å². The van der Waals surface area contributed by atoms with E-state index in [0.29, 0.717) is 5.82 Å². The summed E-state index contributed by atoms with van der Waals surface area (Å²) in [4.78, 5) is 5.30. The maximum atomic E-state index is 5.30. The second-order valence-corrected chi connectivity index (χ2v) is 15.8. The van der Waals surface area contributed by atoms with Crippen LogP contribution in [0.25, 0.3) is 111 Å². The maximum Gasteiger partial charge on any atom is 0.182 e. The summed E-state index contributed by atoms with van der Waals surface area (Å²) >= 11 is 0. The lowest BCUT2D eigenvalue weighted by Gasteiger charge is -2.17. The van der Waals surface area contributed by atoms with Crippen LogP contribution >= 0.6 is 0 Å². The van der Waals surface area contributed by atoms with Gasteiger partial charge in [-0.1, -0.05) is 152 Å². The minimum absolute atomic E-state index is 0.683. The smallest absolute Gasteiger partial charge is 0.182 e. The van der Waals surface area contributed by atoms with E-state index < -0.39 is 0 Å². The van der Waals surface area contributed by atoms with E-state index in [2.05, 4.69) is 196 Å². The van der Waals surface area contributed by atoms with Gasteiger partial charge in [-0.3, -0.25) is 0 Å². The van der Waals surface area contributed by atoms with Gasteiger partial charge < -0.3 is 13.7 Å². The van der Waals surface area contributed by atoms with Crippen molar-refractivity contribution in [3.63, 3.8) is 0 Å². The van der Waals surface area contributed by atoms with Crippen LogP contribution in [0.2, 0.25) is 0 Å². The molecule has 0 atom stereocenters. The van der Waals surface area contributed by atoms with Gasteiger partial charge in [0.1, 0.15) is 0 Å². The van der Waals surface area contributed by atoms with E-state index in [1.807, 2.05) is 41.1 Å². The Morgan fingerprint density at radius 3 is 1.48 bits per heavy atom. The highest BCUT2D eigenvalue weighted by Gasteiger charge is 2.25. The van der Waals surface area contributed by atoms with Crippen LogP contribution in [0.3, 0.4) is 0 Å². The normalized spacial score (nSPS) is 11.9. The van der Waals surface area contributed by atoms with Gasteiger partial charge >= 0.3 is 0 Å². The van der Waals surface area contributed by atoms with Crippen molar-refractivity contribution >= 4 is 65.4 Å². The lowest BCUT2D eigenvalue weighted by atomic mass is 10.1. The SMILES string of the molecule is c1ccc(-c2nc(-c3cccc4c3c3ccccc3n4-c3ccccc3-n3c4ccccc4c4c3ccc3c5ccccc5n(-c5ccccc5)c34)n(-c3ccccc3)n2)cc1. The molecule has 6 heteroatoms. The van der Waals surface area contributed by atoms with E-state index in [-0.39, 0.29) is 0 Å². The third-order valence-corrected chi connectivity index (χ3v) is 12.4. The standard InChI is InChI=1S/C56H36N6/c1-4-19-37(20-5-1)55-57-56(62(58-55)39-23-8-3-9-24-39)44-28-18-34-50-52(44)42-26-11-14-30-46(42)60(50)48-32-16-17-33-49(48)61-47-31-15-12-27-43(47)53-51(61)36-35-41-40-25-10-13-29-45(40)59(54(41)53)38-21-6-2-7-22-38/h1-36H. The van der Waals surface area contributed by atoms with Crippen molar-refractivity contribution in [2.45, 2.75) is 0 Å². The minimum Gasteiger partial charge on any atom is -0.309 e. The highest BCUT2D eigenvalue weighted by molar-refractivity contribution is 6.26. The monoisotopic (exact) mass is 792 g/mol. The Morgan fingerprint density at radius 1 is 0.323 bits per heavy atom. The molecule has 4 heterocycles. The summed E-state index contributed by atoms with van der Waals surface area (Å²) in [6, 6.07) is 77.7. The number of aromatic nitrogens is 6. The highest BCUT2D eigenvalue weighted by Crippen LogP contribution is 2.44.